The number of halogens is 2. The number of rotatable bonds is 6. The van der Waals surface area contributed by atoms with Crippen LogP contribution in [0.3, 0.4) is 0 Å². The van der Waals surface area contributed by atoms with Crippen molar-refractivity contribution < 1.29 is 13.6 Å². The lowest BCUT2D eigenvalue weighted by Crippen LogP contribution is -2.39. The monoisotopic (exact) mass is 494 g/mol. The Morgan fingerprint density at radius 2 is 1.94 bits per heavy atom. The summed E-state index contributed by atoms with van der Waals surface area (Å²) in [6.07, 6.45) is 5.76. The van der Waals surface area contributed by atoms with Gasteiger partial charge in [-0.2, -0.15) is 19.3 Å². The molecule has 12 heteroatoms. The van der Waals surface area contributed by atoms with Crippen molar-refractivity contribution in [2.75, 3.05) is 11.9 Å². The minimum atomic E-state index is -3.04. The Morgan fingerprint density at radius 3 is 2.53 bits per heavy atom. The minimum Gasteiger partial charge on any atom is -0.369 e. The van der Waals surface area contributed by atoms with Gasteiger partial charge in [-0.15, -0.1) is 0 Å². The van der Waals surface area contributed by atoms with Gasteiger partial charge in [0.05, 0.1) is 11.2 Å². The smallest absolute Gasteiger partial charge is 0.369 e. The predicted octanol–water partition coefficient (Wildman–Crippen LogP) is 3.05. The number of hydrogen-bond donors (Lipinski definition) is 0. The third kappa shape index (κ3) is 4.50. The van der Waals surface area contributed by atoms with Gasteiger partial charge in [-0.25, -0.2) is 9.97 Å². The highest BCUT2D eigenvalue weighted by Crippen LogP contribution is 2.35. The Hall–Kier alpha value is -4.32. The molecule has 3 aromatic heterocycles. The minimum absolute atomic E-state index is 0.0437. The van der Waals surface area contributed by atoms with Crippen LogP contribution in [-0.4, -0.2) is 44.5 Å². The van der Waals surface area contributed by atoms with E-state index in [1.165, 1.54) is 10.6 Å². The maximum absolute atomic E-state index is 12.9. The lowest BCUT2D eigenvalue weighted by molar-refractivity contribution is -0.128. The van der Waals surface area contributed by atoms with E-state index in [-0.39, 0.29) is 23.2 Å². The summed E-state index contributed by atoms with van der Waals surface area (Å²) in [5.74, 6) is 0.304. The zero-order valence-electron chi connectivity index (χ0n) is 20.0. The number of hydrogen-bond acceptors (Lipinski definition) is 8. The second-order valence-electron chi connectivity index (χ2n) is 8.70. The van der Waals surface area contributed by atoms with Crippen molar-refractivity contribution in [2.45, 2.75) is 38.3 Å². The van der Waals surface area contributed by atoms with Gasteiger partial charge in [0.25, 0.3) is 5.56 Å². The summed E-state index contributed by atoms with van der Waals surface area (Å²) >= 11 is 0. The molecule has 3 heterocycles. The molecule has 1 aliphatic rings. The molecular weight excluding hydrogens is 470 g/mol. The summed E-state index contributed by atoms with van der Waals surface area (Å²) in [5.41, 5.74) is 1.35. The molecule has 0 aliphatic heterocycles. The van der Waals surface area contributed by atoms with E-state index in [1.54, 1.807) is 44.2 Å². The van der Waals surface area contributed by atoms with Gasteiger partial charge in [0.15, 0.2) is 5.82 Å². The molecule has 0 amide bonds. The molecule has 3 aromatic rings. The molecule has 0 N–H and O–H groups in total. The number of nitrogens with zero attached hydrogens (tertiary/aromatic N) is 8. The average molecular weight is 495 g/mol. The molecule has 36 heavy (non-hydrogen) atoms. The number of nitriles is 2. The van der Waals surface area contributed by atoms with Crippen molar-refractivity contribution in [3.63, 3.8) is 0 Å². The largest absolute Gasteiger partial charge is 0.407 e. The van der Waals surface area contributed by atoms with Crippen LogP contribution in [-0.2, 0) is 18.9 Å². The van der Waals surface area contributed by atoms with Crippen LogP contribution >= 0.6 is 0 Å². The van der Waals surface area contributed by atoms with Crippen LogP contribution < -0.4 is 10.5 Å². The Kier molecular flexibility index (Phi) is 6.97. The fourth-order valence-corrected chi connectivity index (χ4v) is 4.83. The third-order valence-electron chi connectivity index (χ3n) is 6.71. The highest BCUT2D eigenvalue weighted by molar-refractivity contribution is 5.99. The maximum atomic E-state index is 12.9. The number of fused-ring (bicyclic) bond motifs is 1. The number of oxime groups is 1. The molecule has 10 nitrogen and oxygen atoms in total. The van der Waals surface area contributed by atoms with E-state index in [0.29, 0.717) is 53.9 Å². The number of aryl methyl sites for hydroxylation is 2. The predicted molar refractivity (Wildman–Crippen MR) is 127 cm³/mol. The van der Waals surface area contributed by atoms with Crippen molar-refractivity contribution in [3.8, 4) is 12.1 Å². The van der Waals surface area contributed by atoms with Crippen molar-refractivity contribution in [1.82, 2.24) is 19.1 Å². The standard InChI is InChI=1S/C24H24F2N8O2/c1-32-11-10-29-22(32)19(31-36-24(25)26)14-4-7-16(8-5-14)33(2)21-17(13-28)23(35)34(3)18-9-6-15(12-27)30-20(18)21/h6,9-11,14,16,24H,4-5,7-8H2,1-3H3/b31-19-. The van der Waals surface area contributed by atoms with Crippen molar-refractivity contribution in [1.29, 1.82) is 10.5 Å². The fraction of sp³-hybridized carbons (Fsp3) is 0.417. The van der Waals surface area contributed by atoms with E-state index in [4.69, 9.17) is 0 Å². The van der Waals surface area contributed by atoms with Gasteiger partial charge >= 0.3 is 6.61 Å². The van der Waals surface area contributed by atoms with Crippen LogP contribution in [0, 0.1) is 28.6 Å². The van der Waals surface area contributed by atoms with Crippen LogP contribution in [0.5, 0.6) is 0 Å². The van der Waals surface area contributed by atoms with E-state index in [0.717, 1.165) is 0 Å². The van der Waals surface area contributed by atoms with E-state index >= 15 is 0 Å². The number of alkyl halides is 2. The van der Waals surface area contributed by atoms with E-state index < -0.39 is 12.2 Å². The van der Waals surface area contributed by atoms with Gasteiger partial charge in [0.2, 0.25) is 0 Å². The summed E-state index contributed by atoms with van der Waals surface area (Å²) in [5, 5.41) is 22.9. The molecule has 0 atom stereocenters. The molecule has 1 aliphatic carbocycles. The highest BCUT2D eigenvalue weighted by atomic mass is 19.3. The maximum Gasteiger partial charge on any atom is 0.407 e. The van der Waals surface area contributed by atoms with Gasteiger partial charge in [-0.05, 0) is 37.8 Å². The Morgan fingerprint density at radius 1 is 1.22 bits per heavy atom. The molecule has 0 saturated heterocycles. The topological polar surface area (TPSA) is 125 Å². The number of anilines is 1. The summed E-state index contributed by atoms with van der Waals surface area (Å²) in [7, 11) is 5.12. The summed E-state index contributed by atoms with van der Waals surface area (Å²) in [6.45, 7) is -3.04. The molecule has 0 bridgehead atoms. The summed E-state index contributed by atoms with van der Waals surface area (Å²) in [4.78, 5) is 27.8. The second kappa shape index (κ2) is 10.1. The summed E-state index contributed by atoms with van der Waals surface area (Å²) in [6, 6.07) is 7.14. The lowest BCUT2D eigenvalue weighted by atomic mass is 9.82. The first-order valence-corrected chi connectivity index (χ1v) is 11.3. The van der Waals surface area contributed by atoms with Crippen LogP contribution in [0.15, 0.2) is 34.5 Å². The third-order valence-corrected chi connectivity index (χ3v) is 6.71. The average Bonchev–Trinajstić information content (AvgIpc) is 3.31. The molecule has 4 rings (SSSR count). The SMILES string of the molecule is CN(c1c(C#N)c(=O)n(C)c2ccc(C#N)nc12)C1CCC(/C(=N/OC(F)F)c2nccn2C)CC1. The van der Waals surface area contributed by atoms with Gasteiger partial charge in [0, 0.05) is 45.5 Å². The summed E-state index contributed by atoms with van der Waals surface area (Å²) < 4.78 is 28.5. The first kappa shape index (κ1) is 24.8. The molecule has 0 aromatic carbocycles. The number of imidazole rings is 1. The number of pyridine rings is 2. The van der Waals surface area contributed by atoms with Gasteiger partial charge < -0.3 is 18.9 Å². The van der Waals surface area contributed by atoms with E-state index in [9.17, 15) is 24.1 Å². The molecule has 0 spiro atoms. The lowest BCUT2D eigenvalue weighted by Gasteiger charge is -2.36. The zero-order chi connectivity index (χ0) is 26.0. The molecule has 1 saturated carbocycles. The molecule has 1 fully saturated rings. The molecular formula is C24H24F2N8O2. The van der Waals surface area contributed by atoms with Crippen molar-refractivity contribution in [2.24, 2.45) is 25.2 Å². The van der Waals surface area contributed by atoms with Crippen LogP contribution in [0.1, 0.15) is 42.8 Å². The van der Waals surface area contributed by atoms with Crippen LogP contribution in [0.2, 0.25) is 0 Å². The fourth-order valence-electron chi connectivity index (χ4n) is 4.83. The van der Waals surface area contributed by atoms with Gasteiger partial charge in [-0.3, -0.25) is 4.79 Å². The first-order chi connectivity index (χ1) is 17.3. The molecule has 0 radical (unpaired) electrons. The van der Waals surface area contributed by atoms with Crippen LogP contribution in [0.25, 0.3) is 11.0 Å². The quantitative estimate of drug-likeness (QED) is 0.381. The Labute approximate surface area is 205 Å². The first-order valence-electron chi connectivity index (χ1n) is 11.3. The number of aromatic nitrogens is 4. The van der Waals surface area contributed by atoms with Crippen molar-refractivity contribution >= 4 is 22.4 Å². The van der Waals surface area contributed by atoms with E-state index in [1.807, 2.05) is 17.0 Å². The van der Waals surface area contributed by atoms with E-state index in [2.05, 4.69) is 20.0 Å². The molecule has 0 unspecified atom stereocenters. The zero-order valence-corrected chi connectivity index (χ0v) is 20.0. The highest BCUT2D eigenvalue weighted by Gasteiger charge is 2.32. The second-order valence-corrected chi connectivity index (χ2v) is 8.70. The van der Waals surface area contributed by atoms with Gasteiger partial charge in [0.1, 0.15) is 34.6 Å². The normalized spacial score (nSPS) is 18.2. The van der Waals surface area contributed by atoms with Crippen LogP contribution in [0.4, 0.5) is 14.5 Å². The Balaban J connectivity index is 1.66. The van der Waals surface area contributed by atoms with Gasteiger partial charge in [-0.1, -0.05) is 5.16 Å². The Bertz CT molecular complexity index is 1460. The molecule has 186 valence electrons. The van der Waals surface area contributed by atoms with Crippen molar-refractivity contribution in [3.05, 3.63) is 52.0 Å².